The SMILES string of the molecule is [CH+]1CNC1. The van der Waals surface area contributed by atoms with Crippen LogP contribution in [0.15, 0.2) is 0 Å². The van der Waals surface area contributed by atoms with Gasteiger partial charge in [0.1, 0.15) is 19.5 Å². The van der Waals surface area contributed by atoms with Crippen LogP contribution in [-0.4, -0.2) is 13.1 Å². The largest absolute Gasteiger partial charge is 0.240 e. The van der Waals surface area contributed by atoms with Gasteiger partial charge in [-0.25, -0.2) is 5.32 Å². The van der Waals surface area contributed by atoms with Gasteiger partial charge < -0.3 is 0 Å². The average Bonchev–Trinajstić information content (AvgIpc) is 0.722. The summed E-state index contributed by atoms with van der Waals surface area (Å²) in [6.07, 6.45) is 2.19. The molecule has 1 aliphatic rings. The molecule has 0 unspecified atom stereocenters. The molecule has 0 atom stereocenters. The number of nitrogens with one attached hydrogen (secondary N) is 1. The Morgan fingerprint density at radius 3 is 1.75 bits per heavy atom. The first-order chi connectivity index (χ1) is 2.00. The van der Waals surface area contributed by atoms with Crippen LogP contribution in [0.5, 0.6) is 0 Å². The van der Waals surface area contributed by atoms with E-state index >= 15 is 0 Å². The zero-order chi connectivity index (χ0) is 2.83. The van der Waals surface area contributed by atoms with Crippen LogP contribution in [0.1, 0.15) is 0 Å². The standard InChI is InChI=1S/C3H6N/c1-2-4-3-1/h1,4H,2-3H2/q+1. The lowest BCUT2D eigenvalue weighted by molar-refractivity contribution is 0.659. The monoisotopic (exact) mass is 56.0 g/mol. The van der Waals surface area contributed by atoms with Crippen LogP contribution < -0.4 is 5.32 Å². The minimum absolute atomic E-state index is 1.12. The van der Waals surface area contributed by atoms with E-state index in [1.54, 1.807) is 0 Å². The van der Waals surface area contributed by atoms with Crippen molar-refractivity contribution in [3.05, 3.63) is 6.42 Å². The lowest BCUT2D eigenvalue weighted by atomic mass is 10.3. The molecule has 0 saturated carbocycles. The van der Waals surface area contributed by atoms with Gasteiger partial charge in [-0.3, -0.25) is 0 Å². The summed E-state index contributed by atoms with van der Waals surface area (Å²) < 4.78 is 0. The lowest BCUT2D eigenvalue weighted by Gasteiger charge is -1.97. The van der Waals surface area contributed by atoms with Crippen LogP contribution in [0.4, 0.5) is 0 Å². The Morgan fingerprint density at radius 1 is 1.50 bits per heavy atom. The van der Waals surface area contributed by atoms with Gasteiger partial charge in [0.15, 0.2) is 0 Å². The minimum atomic E-state index is 1.12. The first-order valence-electron chi connectivity index (χ1n) is 1.52. The predicted octanol–water partition coefficient (Wildman–Crippen LogP) is -0.206. The number of hydrogen-bond acceptors (Lipinski definition) is 1. The highest BCUT2D eigenvalue weighted by atomic mass is 14.9. The molecule has 1 heterocycles. The van der Waals surface area contributed by atoms with E-state index < -0.39 is 0 Å². The molecule has 0 aromatic rings. The third-order valence-corrected chi connectivity index (χ3v) is 0.577. The van der Waals surface area contributed by atoms with Crippen molar-refractivity contribution >= 4 is 0 Å². The second-order valence-corrected chi connectivity index (χ2v) is 0.947. The normalized spacial score (nSPS) is 22.0. The summed E-state index contributed by atoms with van der Waals surface area (Å²) in [5.41, 5.74) is 0. The molecule has 0 amide bonds. The summed E-state index contributed by atoms with van der Waals surface area (Å²) >= 11 is 0. The van der Waals surface area contributed by atoms with Gasteiger partial charge in [-0.15, -0.1) is 0 Å². The second-order valence-electron chi connectivity index (χ2n) is 0.947. The zero-order valence-electron chi connectivity index (χ0n) is 2.49. The smallest absolute Gasteiger partial charge is 0.143 e. The minimum Gasteiger partial charge on any atom is -0.240 e. The molecule has 0 radical (unpaired) electrons. The maximum absolute atomic E-state index is 3.06. The number of hydrogen-bond donors (Lipinski definition) is 1. The van der Waals surface area contributed by atoms with Crippen LogP contribution in [0.2, 0.25) is 0 Å². The van der Waals surface area contributed by atoms with E-state index in [1.807, 2.05) is 0 Å². The first-order valence-corrected chi connectivity index (χ1v) is 1.52. The summed E-state index contributed by atoms with van der Waals surface area (Å²) in [5.74, 6) is 0. The fourth-order valence-corrected chi connectivity index (χ4v) is 0.144. The van der Waals surface area contributed by atoms with E-state index in [9.17, 15) is 0 Å². The molecule has 1 fully saturated rings. The van der Waals surface area contributed by atoms with E-state index in [1.165, 1.54) is 0 Å². The fraction of sp³-hybridized carbons (Fsp3) is 0.667. The van der Waals surface area contributed by atoms with Gasteiger partial charge >= 0.3 is 0 Å². The van der Waals surface area contributed by atoms with Gasteiger partial charge in [-0.1, -0.05) is 0 Å². The third-order valence-electron chi connectivity index (χ3n) is 0.577. The highest BCUT2D eigenvalue weighted by Crippen LogP contribution is 1.78. The molecule has 22 valence electrons. The Kier molecular flexibility index (Phi) is 0.338. The molecule has 1 nitrogen and oxygen atoms in total. The van der Waals surface area contributed by atoms with Gasteiger partial charge in [-0.05, 0) is 0 Å². The molecule has 1 rings (SSSR count). The lowest BCUT2D eigenvalue weighted by Crippen LogP contribution is -2.30. The van der Waals surface area contributed by atoms with Crippen molar-refractivity contribution in [1.82, 2.24) is 5.32 Å². The van der Waals surface area contributed by atoms with Crippen molar-refractivity contribution in [2.24, 2.45) is 0 Å². The maximum atomic E-state index is 3.06. The Balaban J connectivity index is 2.00. The Morgan fingerprint density at radius 2 is 1.75 bits per heavy atom. The van der Waals surface area contributed by atoms with Crippen LogP contribution in [0.25, 0.3) is 0 Å². The Hall–Kier alpha value is -0.170. The van der Waals surface area contributed by atoms with Crippen molar-refractivity contribution in [1.29, 1.82) is 0 Å². The summed E-state index contributed by atoms with van der Waals surface area (Å²) in [5, 5.41) is 3.06. The van der Waals surface area contributed by atoms with Crippen molar-refractivity contribution in [2.75, 3.05) is 13.1 Å². The molecular formula is C3H6N+. The van der Waals surface area contributed by atoms with Crippen molar-refractivity contribution in [2.45, 2.75) is 0 Å². The van der Waals surface area contributed by atoms with Crippen LogP contribution in [0.3, 0.4) is 0 Å². The molecular weight excluding hydrogens is 50.0 g/mol. The van der Waals surface area contributed by atoms with Crippen LogP contribution >= 0.6 is 0 Å². The topological polar surface area (TPSA) is 12.0 Å². The first kappa shape index (κ1) is 2.09. The quantitative estimate of drug-likeness (QED) is 0.379. The third kappa shape index (κ3) is 0.0859. The van der Waals surface area contributed by atoms with Gasteiger partial charge in [0.25, 0.3) is 0 Å². The average molecular weight is 56.1 g/mol. The van der Waals surface area contributed by atoms with E-state index in [0.717, 1.165) is 13.1 Å². The van der Waals surface area contributed by atoms with Gasteiger partial charge in [-0.2, -0.15) is 0 Å². The summed E-state index contributed by atoms with van der Waals surface area (Å²) in [6, 6.07) is 0. The predicted molar refractivity (Wildman–Crippen MR) is 17.2 cm³/mol. The van der Waals surface area contributed by atoms with E-state index in [4.69, 9.17) is 0 Å². The van der Waals surface area contributed by atoms with Gasteiger partial charge in [0, 0.05) is 0 Å². The molecule has 4 heavy (non-hydrogen) atoms. The molecule has 0 bridgehead atoms. The molecule has 0 spiro atoms. The molecule has 1 N–H and O–H groups in total. The fourth-order valence-electron chi connectivity index (χ4n) is 0.144. The molecule has 0 aromatic heterocycles. The van der Waals surface area contributed by atoms with Crippen LogP contribution in [0, 0.1) is 6.42 Å². The van der Waals surface area contributed by atoms with E-state index in [0.29, 0.717) is 0 Å². The molecule has 1 saturated heterocycles. The Bertz CT molecular complexity index is 11.2. The molecule has 0 aromatic carbocycles. The van der Waals surface area contributed by atoms with Crippen LogP contribution in [-0.2, 0) is 0 Å². The highest BCUT2D eigenvalue weighted by Gasteiger charge is 2.05. The van der Waals surface area contributed by atoms with Crippen molar-refractivity contribution in [3.63, 3.8) is 0 Å². The molecule has 1 aliphatic heterocycles. The molecule has 0 aliphatic carbocycles. The van der Waals surface area contributed by atoms with Crippen molar-refractivity contribution in [3.8, 4) is 0 Å². The summed E-state index contributed by atoms with van der Waals surface area (Å²) in [6.45, 7) is 2.25. The van der Waals surface area contributed by atoms with Gasteiger partial charge in [0.2, 0.25) is 0 Å². The zero-order valence-corrected chi connectivity index (χ0v) is 2.49. The Labute approximate surface area is 26.0 Å². The van der Waals surface area contributed by atoms with Crippen molar-refractivity contribution < 1.29 is 0 Å². The van der Waals surface area contributed by atoms with Gasteiger partial charge in [0.05, 0.1) is 0 Å². The summed E-state index contributed by atoms with van der Waals surface area (Å²) in [7, 11) is 0. The highest BCUT2D eigenvalue weighted by molar-refractivity contribution is 4.80. The second kappa shape index (κ2) is 0.646. The number of rotatable bonds is 0. The summed E-state index contributed by atoms with van der Waals surface area (Å²) in [4.78, 5) is 0. The maximum Gasteiger partial charge on any atom is 0.143 e. The molecule has 1 heteroatoms. The van der Waals surface area contributed by atoms with E-state index in [2.05, 4.69) is 11.7 Å². The van der Waals surface area contributed by atoms with E-state index in [-0.39, 0.29) is 0 Å².